The van der Waals surface area contributed by atoms with E-state index in [4.69, 9.17) is 39.3 Å². The van der Waals surface area contributed by atoms with Gasteiger partial charge in [-0.15, -0.1) is 0 Å². The summed E-state index contributed by atoms with van der Waals surface area (Å²) >= 11 is 0. The van der Waals surface area contributed by atoms with E-state index < -0.39 is 35.7 Å². The van der Waals surface area contributed by atoms with Gasteiger partial charge < -0.3 is 39.3 Å². The minimum Gasteiger partial charge on any atom is -0.481 e. The van der Waals surface area contributed by atoms with Crippen molar-refractivity contribution < 1.29 is 32.0 Å². The molecule has 1 aromatic rings. The Morgan fingerprint density at radius 1 is 0.944 bits per heavy atom. The van der Waals surface area contributed by atoms with Gasteiger partial charge in [0.1, 0.15) is 23.7 Å². The monoisotopic (exact) mass is 606 g/mol. The summed E-state index contributed by atoms with van der Waals surface area (Å²) in [6.07, 6.45) is 2.95. The van der Waals surface area contributed by atoms with E-state index in [0.29, 0.717) is 13.0 Å². The number of rotatable bonds is 19. The van der Waals surface area contributed by atoms with Crippen molar-refractivity contribution in [2.45, 2.75) is 44.9 Å². The Morgan fingerprint density at radius 3 is 1.83 bits per heavy atom. The van der Waals surface area contributed by atoms with Gasteiger partial charge in [0.15, 0.2) is 0 Å². The van der Waals surface area contributed by atoms with Crippen molar-refractivity contribution in [1.29, 1.82) is 0 Å². The fourth-order valence-electron chi connectivity index (χ4n) is 3.56. The molecule has 0 radical (unpaired) electrons. The van der Waals surface area contributed by atoms with E-state index in [1.807, 2.05) is 24.3 Å². The fraction of sp³-hybridized carbons (Fsp3) is 0.700. The molecule has 4 atom stereocenters. The van der Waals surface area contributed by atoms with Crippen LogP contribution in [-0.4, -0.2) is 57.8 Å². The van der Waals surface area contributed by atoms with Gasteiger partial charge >= 0.3 is 15.2 Å². The minimum atomic E-state index is -3.38. The molecule has 0 aromatic heterocycles. The van der Waals surface area contributed by atoms with Crippen LogP contribution < -0.4 is 21.2 Å². The maximum Gasteiger partial charge on any atom is 0.344 e. The molecule has 4 unspecified atom stereocenters. The lowest BCUT2D eigenvalue weighted by Crippen LogP contribution is -2.35. The van der Waals surface area contributed by atoms with Crippen LogP contribution in [0.15, 0.2) is 24.3 Å². The first-order valence-corrected chi connectivity index (χ1v) is 20.4. The van der Waals surface area contributed by atoms with Crippen molar-refractivity contribution in [3.63, 3.8) is 0 Å². The molecule has 0 spiro atoms. The zero-order chi connectivity index (χ0) is 27.4. The van der Waals surface area contributed by atoms with Crippen molar-refractivity contribution in [1.82, 2.24) is 4.90 Å². The number of nitrogens with zero attached hydrogens (tertiary/aromatic N) is 1. The Morgan fingerprint density at radius 2 is 1.44 bits per heavy atom. The highest BCUT2D eigenvalue weighted by atomic mass is 32.5. The molecule has 6 N–H and O–H groups in total. The summed E-state index contributed by atoms with van der Waals surface area (Å²) < 4.78 is 52.2. The van der Waals surface area contributed by atoms with Gasteiger partial charge in [-0.25, -0.2) is 0 Å². The zero-order valence-electron chi connectivity index (χ0n) is 22.1. The molecule has 1 aromatic carbocycles. The van der Waals surface area contributed by atoms with E-state index >= 15 is 0 Å². The second-order valence-corrected chi connectivity index (χ2v) is 20.8. The van der Waals surface area contributed by atoms with Crippen LogP contribution in [0.4, 0.5) is 0 Å². The standard InChI is InChI=1S/C20H43N4O7P5/c1-7-14-20(8-2,33(22)34(23)32-21)31-19-11-9-18(10-12-19)13-15-24(16-35(25,27-3)28-4)17-36(26,29-5)30-6/h9-12,32H,7-8,13-17,21-23H2,1-6H3. The highest BCUT2D eigenvalue weighted by Crippen LogP contribution is 2.75. The Hall–Kier alpha value is 0.450. The maximum absolute atomic E-state index is 12.7. The van der Waals surface area contributed by atoms with Crippen LogP contribution in [0.1, 0.15) is 38.7 Å². The molecule has 210 valence electrons. The Bertz CT molecular complexity index is 825. The van der Waals surface area contributed by atoms with Gasteiger partial charge in [0.05, 0.1) is 7.76 Å². The first-order valence-electron chi connectivity index (χ1n) is 11.5. The topological polar surface area (TPSA) is 162 Å². The predicted octanol–water partition coefficient (Wildman–Crippen LogP) is 5.80. The summed E-state index contributed by atoms with van der Waals surface area (Å²) in [7, 11) is -3.40. The molecule has 0 bridgehead atoms. The van der Waals surface area contributed by atoms with Crippen LogP contribution in [0.2, 0.25) is 0 Å². The average Bonchev–Trinajstić information content (AvgIpc) is 2.90. The van der Waals surface area contributed by atoms with Crippen LogP contribution in [0.25, 0.3) is 0 Å². The Labute approximate surface area is 220 Å². The summed E-state index contributed by atoms with van der Waals surface area (Å²) in [6, 6.07) is 7.76. The number of ether oxygens (including phenoxy) is 1. The summed E-state index contributed by atoms with van der Waals surface area (Å²) in [6.45, 7) is 4.60. The predicted molar refractivity (Wildman–Crippen MR) is 153 cm³/mol. The van der Waals surface area contributed by atoms with E-state index in [-0.39, 0.29) is 21.0 Å². The zero-order valence-corrected chi connectivity index (χ0v) is 26.7. The molecule has 0 aliphatic heterocycles. The molecule has 0 saturated heterocycles. The summed E-state index contributed by atoms with van der Waals surface area (Å²) in [4.78, 5) is 1.70. The number of hydrogen-bond acceptors (Lipinski definition) is 11. The second kappa shape index (κ2) is 16.5. The van der Waals surface area contributed by atoms with E-state index in [0.717, 1.165) is 30.6 Å². The van der Waals surface area contributed by atoms with E-state index in [2.05, 4.69) is 13.8 Å². The minimum absolute atomic E-state index is 0.0577. The smallest absolute Gasteiger partial charge is 0.344 e. The summed E-state index contributed by atoms with van der Waals surface area (Å²) in [5.74, 6) is 0.721. The van der Waals surface area contributed by atoms with Crippen molar-refractivity contribution >= 4 is 38.8 Å². The van der Waals surface area contributed by atoms with Gasteiger partial charge in [0.25, 0.3) is 0 Å². The molecular formula is C20H43N4O7P5. The van der Waals surface area contributed by atoms with E-state index in [9.17, 15) is 9.13 Å². The lowest BCUT2D eigenvalue weighted by Gasteiger charge is -2.40. The quantitative estimate of drug-likeness (QED) is 0.163. The van der Waals surface area contributed by atoms with Crippen molar-refractivity contribution in [2.24, 2.45) is 16.5 Å². The number of benzene rings is 1. The second-order valence-electron chi connectivity index (χ2n) is 7.99. The average molecular weight is 606 g/mol. The van der Waals surface area contributed by atoms with Gasteiger partial charge in [-0.2, -0.15) is 0 Å². The molecule has 0 aliphatic carbocycles. The Kier molecular flexibility index (Phi) is 15.8. The van der Waals surface area contributed by atoms with E-state index in [1.165, 1.54) is 28.4 Å². The van der Waals surface area contributed by atoms with Crippen LogP contribution in [-0.2, 0) is 33.6 Å². The molecule has 0 aliphatic rings. The van der Waals surface area contributed by atoms with Crippen LogP contribution in [0, 0.1) is 0 Å². The normalized spacial score (nSPS) is 16.4. The lowest BCUT2D eigenvalue weighted by atomic mass is 10.1. The molecule has 11 nitrogen and oxygen atoms in total. The van der Waals surface area contributed by atoms with Gasteiger partial charge in [0.2, 0.25) is 0 Å². The highest BCUT2D eigenvalue weighted by molar-refractivity contribution is 8.55. The van der Waals surface area contributed by atoms with E-state index in [1.54, 1.807) is 4.90 Å². The molecular weight excluding hydrogens is 563 g/mol. The van der Waals surface area contributed by atoms with Gasteiger partial charge in [-0.1, -0.05) is 32.4 Å². The van der Waals surface area contributed by atoms with Gasteiger partial charge in [0, 0.05) is 42.4 Å². The van der Waals surface area contributed by atoms with Crippen LogP contribution >= 0.6 is 38.8 Å². The third-order valence-electron chi connectivity index (χ3n) is 5.78. The molecule has 0 amide bonds. The summed E-state index contributed by atoms with van der Waals surface area (Å²) in [5, 5.41) is -0.516. The molecule has 16 heteroatoms. The van der Waals surface area contributed by atoms with Crippen LogP contribution in [0.3, 0.4) is 0 Å². The fourth-order valence-corrected chi connectivity index (χ4v) is 12.6. The van der Waals surface area contributed by atoms with Crippen molar-refractivity contribution in [3.8, 4) is 5.75 Å². The first-order chi connectivity index (χ1) is 17.0. The molecule has 0 heterocycles. The van der Waals surface area contributed by atoms with Gasteiger partial charge in [-0.3, -0.25) is 14.0 Å². The third-order valence-corrected chi connectivity index (χ3v) is 18.0. The Balaban J connectivity index is 3.02. The number of hydrogen-bond donors (Lipinski definition) is 3. The van der Waals surface area contributed by atoms with Crippen molar-refractivity contribution in [2.75, 3.05) is 47.6 Å². The van der Waals surface area contributed by atoms with Crippen molar-refractivity contribution in [3.05, 3.63) is 29.8 Å². The summed E-state index contributed by atoms with van der Waals surface area (Å²) in [5.41, 5.74) is 19.7. The van der Waals surface area contributed by atoms with Gasteiger partial charge in [-0.05, 0) is 45.4 Å². The lowest BCUT2D eigenvalue weighted by molar-refractivity contribution is 0.144. The molecule has 36 heavy (non-hydrogen) atoms. The highest BCUT2D eigenvalue weighted by Gasteiger charge is 2.40. The molecule has 0 saturated carbocycles. The molecule has 1 rings (SSSR count). The SMILES string of the molecule is CCCC(CC)(Oc1ccc(CCN(CP(=O)(OC)OC)CP(=O)(OC)OC)cc1)P(N)P(N)PN. The first kappa shape index (κ1) is 34.5. The maximum atomic E-state index is 12.7. The molecule has 0 fully saturated rings. The number of nitrogens with two attached hydrogens (primary N) is 3. The van der Waals surface area contributed by atoms with Crippen LogP contribution in [0.5, 0.6) is 5.75 Å². The largest absolute Gasteiger partial charge is 0.481 e. The third kappa shape index (κ3) is 10.2.